The maximum absolute atomic E-state index is 12.4. The third-order valence-electron chi connectivity index (χ3n) is 3.51. The third kappa shape index (κ3) is 2.35. The van der Waals surface area contributed by atoms with Gasteiger partial charge in [-0.2, -0.15) is 5.10 Å². The quantitative estimate of drug-likeness (QED) is 0.680. The predicted octanol–water partition coefficient (Wildman–Crippen LogP) is 3.31. The Morgan fingerprint density at radius 1 is 1.10 bits per heavy atom. The van der Waals surface area contributed by atoms with Gasteiger partial charge in [-0.25, -0.2) is 0 Å². The molecular formula is C17H16N2O. The number of benzene rings is 2. The molecular weight excluding hydrogens is 248 g/mol. The molecule has 20 heavy (non-hydrogen) atoms. The first kappa shape index (κ1) is 12.6. The fraction of sp³-hybridized carbons (Fsp3) is 0.176. The predicted molar refractivity (Wildman–Crippen MR) is 79.9 cm³/mol. The Balaban J connectivity index is 1.90. The van der Waals surface area contributed by atoms with Crippen LogP contribution >= 0.6 is 0 Å². The number of carbonyl (C=O) groups is 1. The molecule has 3 aromatic rings. The van der Waals surface area contributed by atoms with Gasteiger partial charge in [-0.1, -0.05) is 36.4 Å². The van der Waals surface area contributed by atoms with Gasteiger partial charge < -0.3 is 0 Å². The molecule has 3 nitrogen and oxygen atoms in total. The van der Waals surface area contributed by atoms with Gasteiger partial charge >= 0.3 is 0 Å². The number of fused-ring (bicyclic) bond motifs is 1. The molecule has 3 heteroatoms. The lowest BCUT2D eigenvalue weighted by molar-refractivity contribution is 0.0991. The smallest absolute Gasteiger partial charge is 0.168 e. The Bertz CT molecular complexity index is 787. The summed E-state index contributed by atoms with van der Waals surface area (Å²) in [6, 6.07) is 15.9. The van der Waals surface area contributed by atoms with E-state index >= 15 is 0 Å². The second-order valence-corrected chi connectivity index (χ2v) is 5.06. The first-order valence-corrected chi connectivity index (χ1v) is 6.65. The van der Waals surface area contributed by atoms with Crippen LogP contribution in [-0.4, -0.2) is 15.6 Å². The number of hydrogen-bond donors (Lipinski definition) is 0. The lowest BCUT2D eigenvalue weighted by atomic mass is 10.0. The minimum atomic E-state index is 0.124. The molecule has 0 amide bonds. The fourth-order valence-electron chi connectivity index (χ4n) is 2.46. The third-order valence-corrected chi connectivity index (χ3v) is 3.51. The molecule has 0 saturated heterocycles. The first-order valence-electron chi connectivity index (χ1n) is 6.65. The number of Topliss-reactive ketones (excluding diaryl/α,β-unsaturated/α-hetero) is 1. The highest BCUT2D eigenvalue weighted by Gasteiger charge is 2.11. The van der Waals surface area contributed by atoms with Gasteiger partial charge in [0.15, 0.2) is 5.78 Å². The van der Waals surface area contributed by atoms with Gasteiger partial charge in [-0.3, -0.25) is 9.48 Å². The van der Waals surface area contributed by atoms with Gasteiger partial charge in [0.25, 0.3) is 0 Å². The highest BCUT2D eigenvalue weighted by atomic mass is 16.1. The van der Waals surface area contributed by atoms with Crippen molar-refractivity contribution in [3.05, 3.63) is 65.5 Å². The number of aryl methyl sites for hydroxylation is 2. The lowest BCUT2D eigenvalue weighted by Crippen LogP contribution is -2.07. The molecule has 0 spiro atoms. The van der Waals surface area contributed by atoms with E-state index in [1.54, 1.807) is 4.68 Å². The average Bonchev–Trinajstić information content (AvgIpc) is 2.76. The van der Waals surface area contributed by atoms with Gasteiger partial charge in [-0.05, 0) is 29.8 Å². The molecule has 0 atom stereocenters. The monoisotopic (exact) mass is 264 g/mol. The van der Waals surface area contributed by atoms with Crippen LogP contribution in [-0.2, 0) is 13.5 Å². The molecule has 0 bridgehead atoms. The number of carbonyl (C=O) groups excluding carboxylic acids is 1. The summed E-state index contributed by atoms with van der Waals surface area (Å²) in [6.45, 7) is 1.93. The second-order valence-electron chi connectivity index (χ2n) is 5.06. The van der Waals surface area contributed by atoms with Crippen LogP contribution in [0.5, 0.6) is 0 Å². The molecule has 2 aromatic carbocycles. The summed E-state index contributed by atoms with van der Waals surface area (Å²) in [7, 11) is 1.87. The molecule has 0 N–H and O–H groups in total. The van der Waals surface area contributed by atoms with Crippen LogP contribution in [0.25, 0.3) is 10.8 Å². The molecule has 0 radical (unpaired) electrons. The van der Waals surface area contributed by atoms with Crippen molar-refractivity contribution in [3.63, 3.8) is 0 Å². The van der Waals surface area contributed by atoms with Crippen LogP contribution in [0, 0.1) is 6.92 Å². The maximum Gasteiger partial charge on any atom is 0.168 e. The lowest BCUT2D eigenvalue weighted by Gasteiger charge is -2.04. The molecule has 0 saturated carbocycles. The van der Waals surface area contributed by atoms with Crippen molar-refractivity contribution < 1.29 is 4.79 Å². The first-order chi connectivity index (χ1) is 9.63. The van der Waals surface area contributed by atoms with Crippen LogP contribution in [0.2, 0.25) is 0 Å². The fourth-order valence-corrected chi connectivity index (χ4v) is 2.46. The van der Waals surface area contributed by atoms with Gasteiger partial charge in [0.2, 0.25) is 0 Å². The van der Waals surface area contributed by atoms with Crippen molar-refractivity contribution in [2.45, 2.75) is 13.3 Å². The standard InChI is InChI=1S/C17H16N2O/c1-12-9-16(19(2)18-12)11-17(20)15-8-7-13-5-3-4-6-14(13)10-15/h3-10H,11H2,1-2H3. The number of aromatic nitrogens is 2. The van der Waals surface area contributed by atoms with Crippen LogP contribution in [0.15, 0.2) is 48.5 Å². The SMILES string of the molecule is Cc1cc(CC(=O)c2ccc3ccccc3c2)n(C)n1. The highest BCUT2D eigenvalue weighted by Crippen LogP contribution is 2.17. The molecule has 1 aromatic heterocycles. The van der Waals surface area contributed by atoms with E-state index < -0.39 is 0 Å². The normalized spacial score (nSPS) is 10.9. The number of rotatable bonds is 3. The zero-order chi connectivity index (χ0) is 14.1. The van der Waals surface area contributed by atoms with E-state index in [0.29, 0.717) is 6.42 Å². The molecule has 1 heterocycles. The number of nitrogens with zero attached hydrogens (tertiary/aromatic N) is 2. The van der Waals surface area contributed by atoms with E-state index in [4.69, 9.17) is 0 Å². The van der Waals surface area contributed by atoms with Gasteiger partial charge in [0.05, 0.1) is 12.1 Å². The van der Waals surface area contributed by atoms with Crippen molar-refractivity contribution in [1.82, 2.24) is 9.78 Å². The van der Waals surface area contributed by atoms with E-state index in [-0.39, 0.29) is 5.78 Å². The van der Waals surface area contributed by atoms with Crippen LogP contribution in [0.3, 0.4) is 0 Å². The van der Waals surface area contributed by atoms with Crippen LogP contribution in [0.4, 0.5) is 0 Å². The minimum absolute atomic E-state index is 0.124. The van der Waals surface area contributed by atoms with E-state index in [1.807, 2.05) is 62.5 Å². The molecule has 3 rings (SSSR count). The van der Waals surface area contributed by atoms with E-state index in [2.05, 4.69) is 5.10 Å². The summed E-state index contributed by atoms with van der Waals surface area (Å²) in [6.07, 6.45) is 0.385. The topological polar surface area (TPSA) is 34.9 Å². The largest absolute Gasteiger partial charge is 0.294 e. The zero-order valence-electron chi connectivity index (χ0n) is 11.6. The van der Waals surface area contributed by atoms with Gasteiger partial charge in [0.1, 0.15) is 0 Å². The van der Waals surface area contributed by atoms with Crippen molar-refractivity contribution in [2.75, 3.05) is 0 Å². The Labute approximate surface area is 117 Å². The Hall–Kier alpha value is -2.42. The van der Waals surface area contributed by atoms with Crippen LogP contribution in [0.1, 0.15) is 21.7 Å². The number of ketones is 1. The Kier molecular flexibility index (Phi) is 3.11. The zero-order valence-corrected chi connectivity index (χ0v) is 11.6. The summed E-state index contributed by atoms with van der Waals surface area (Å²) in [4.78, 5) is 12.4. The maximum atomic E-state index is 12.4. The molecule has 0 aliphatic carbocycles. The minimum Gasteiger partial charge on any atom is -0.294 e. The van der Waals surface area contributed by atoms with Gasteiger partial charge in [0, 0.05) is 18.3 Å². The highest BCUT2D eigenvalue weighted by molar-refractivity contribution is 6.00. The van der Waals surface area contributed by atoms with E-state index in [1.165, 1.54) is 0 Å². The molecule has 0 fully saturated rings. The van der Waals surface area contributed by atoms with Gasteiger partial charge in [-0.15, -0.1) is 0 Å². The second kappa shape index (κ2) is 4.93. The van der Waals surface area contributed by atoms with Crippen molar-refractivity contribution in [2.24, 2.45) is 7.05 Å². The summed E-state index contributed by atoms with van der Waals surface area (Å²) in [5.41, 5.74) is 2.64. The summed E-state index contributed by atoms with van der Waals surface area (Å²) < 4.78 is 1.77. The van der Waals surface area contributed by atoms with E-state index in [9.17, 15) is 4.79 Å². The van der Waals surface area contributed by atoms with Crippen molar-refractivity contribution >= 4 is 16.6 Å². The number of hydrogen-bond acceptors (Lipinski definition) is 2. The average molecular weight is 264 g/mol. The molecule has 100 valence electrons. The summed E-state index contributed by atoms with van der Waals surface area (Å²) in [5.74, 6) is 0.124. The van der Waals surface area contributed by atoms with Crippen LogP contribution < -0.4 is 0 Å². The summed E-state index contributed by atoms with van der Waals surface area (Å²) in [5, 5.41) is 6.52. The Morgan fingerprint density at radius 2 is 1.85 bits per heavy atom. The molecule has 0 aliphatic heterocycles. The van der Waals surface area contributed by atoms with E-state index in [0.717, 1.165) is 27.7 Å². The summed E-state index contributed by atoms with van der Waals surface area (Å²) >= 11 is 0. The van der Waals surface area contributed by atoms with Crippen molar-refractivity contribution in [3.8, 4) is 0 Å². The molecule has 0 aliphatic rings. The van der Waals surface area contributed by atoms with Crippen molar-refractivity contribution in [1.29, 1.82) is 0 Å². The Morgan fingerprint density at radius 3 is 2.55 bits per heavy atom. The molecule has 0 unspecified atom stereocenters.